The van der Waals surface area contributed by atoms with Crippen LogP contribution in [-0.4, -0.2) is 9.49 Å². The number of hydrogen-bond donors (Lipinski definition) is 0. The van der Waals surface area contributed by atoms with Crippen molar-refractivity contribution in [3.8, 4) is 0 Å². The highest BCUT2D eigenvalue weighted by Crippen LogP contribution is 2.43. The molecule has 1 aromatic carbocycles. The third-order valence-electron chi connectivity index (χ3n) is 4.00. The van der Waals surface area contributed by atoms with Gasteiger partial charge in [0.15, 0.2) is 0 Å². The summed E-state index contributed by atoms with van der Waals surface area (Å²) < 4.78 is 2.23. The Balaban J connectivity index is 1.92. The standard InChI is InChI=1S/C15H16N2O2/c18-17(19)13-6-3-5-12(11-13)14-7-4-8-15(14)16-9-1-2-10-16/h1-3,5-6,9-11,14-15H,4,7-8H2/t14-,15+/m0/s1. The fraction of sp³-hybridized carbons (Fsp3) is 0.333. The van der Waals surface area contributed by atoms with Gasteiger partial charge in [0.05, 0.1) is 4.92 Å². The summed E-state index contributed by atoms with van der Waals surface area (Å²) in [7, 11) is 0. The molecule has 4 heteroatoms. The Morgan fingerprint density at radius 3 is 2.68 bits per heavy atom. The molecule has 3 rings (SSSR count). The van der Waals surface area contributed by atoms with Crippen LogP contribution in [0.5, 0.6) is 0 Å². The quantitative estimate of drug-likeness (QED) is 0.617. The maximum absolute atomic E-state index is 10.9. The van der Waals surface area contributed by atoms with Crippen LogP contribution in [0.15, 0.2) is 48.8 Å². The van der Waals surface area contributed by atoms with Crippen molar-refractivity contribution >= 4 is 5.69 Å². The molecule has 1 aliphatic rings. The van der Waals surface area contributed by atoms with Gasteiger partial charge < -0.3 is 4.57 Å². The molecule has 4 nitrogen and oxygen atoms in total. The molecular weight excluding hydrogens is 240 g/mol. The lowest BCUT2D eigenvalue weighted by Crippen LogP contribution is -2.11. The molecule has 19 heavy (non-hydrogen) atoms. The van der Waals surface area contributed by atoms with Crippen LogP contribution in [0.4, 0.5) is 5.69 Å². The zero-order valence-corrected chi connectivity index (χ0v) is 10.6. The third-order valence-corrected chi connectivity index (χ3v) is 4.00. The molecule has 1 aromatic heterocycles. The predicted molar refractivity (Wildman–Crippen MR) is 73.2 cm³/mol. The summed E-state index contributed by atoms with van der Waals surface area (Å²) in [4.78, 5) is 10.6. The Kier molecular flexibility index (Phi) is 3.07. The molecule has 0 bridgehead atoms. The normalized spacial score (nSPS) is 22.5. The van der Waals surface area contributed by atoms with E-state index in [1.807, 2.05) is 18.2 Å². The van der Waals surface area contributed by atoms with Gasteiger partial charge in [-0.05, 0) is 30.5 Å². The first-order chi connectivity index (χ1) is 9.25. The molecular formula is C15H16N2O2. The summed E-state index contributed by atoms with van der Waals surface area (Å²) in [6.07, 6.45) is 7.59. The van der Waals surface area contributed by atoms with Gasteiger partial charge in [0.1, 0.15) is 0 Å². The smallest absolute Gasteiger partial charge is 0.269 e. The van der Waals surface area contributed by atoms with Crippen molar-refractivity contribution in [2.75, 3.05) is 0 Å². The van der Waals surface area contributed by atoms with Gasteiger partial charge in [-0.25, -0.2) is 0 Å². The molecule has 98 valence electrons. The van der Waals surface area contributed by atoms with E-state index in [-0.39, 0.29) is 10.6 Å². The number of aromatic nitrogens is 1. The number of hydrogen-bond acceptors (Lipinski definition) is 2. The average molecular weight is 256 g/mol. The van der Waals surface area contributed by atoms with Gasteiger partial charge >= 0.3 is 0 Å². The number of rotatable bonds is 3. The Labute approximate surface area is 111 Å². The second-order valence-corrected chi connectivity index (χ2v) is 5.09. The fourth-order valence-corrected chi connectivity index (χ4v) is 3.12. The molecule has 0 spiro atoms. The highest BCUT2D eigenvalue weighted by atomic mass is 16.6. The lowest BCUT2D eigenvalue weighted by atomic mass is 9.93. The fourth-order valence-electron chi connectivity index (χ4n) is 3.12. The maximum atomic E-state index is 10.9. The van der Waals surface area contributed by atoms with Crippen molar-refractivity contribution in [1.29, 1.82) is 0 Å². The van der Waals surface area contributed by atoms with Crippen molar-refractivity contribution in [3.05, 3.63) is 64.5 Å². The topological polar surface area (TPSA) is 48.1 Å². The van der Waals surface area contributed by atoms with E-state index in [9.17, 15) is 10.1 Å². The first-order valence-corrected chi connectivity index (χ1v) is 6.62. The number of benzene rings is 1. The number of nitrogens with zero attached hydrogens (tertiary/aromatic N) is 2. The van der Waals surface area contributed by atoms with Crippen LogP contribution >= 0.6 is 0 Å². The molecule has 1 heterocycles. The SMILES string of the molecule is O=[N+]([O-])c1cccc([C@@H]2CCC[C@H]2n2cccc2)c1. The second-order valence-electron chi connectivity index (χ2n) is 5.09. The van der Waals surface area contributed by atoms with Crippen LogP contribution in [0.25, 0.3) is 0 Å². The first kappa shape index (κ1) is 12.0. The zero-order chi connectivity index (χ0) is 13.2. The first-order valence-electron chi connectivity index (χ1n) is 6.62. The Hall–Kier alpha value is -2.10. The lowest BCUT2D eigenvalue weighted by molar-refractivity contribution is -0.384. The van der Waals surface area contributed by atoms with E-state index in [4.69, 9.17) is 0 Å². The van der Waals surface area contributed by atoms with Gasteiger partial charge in [-0.2, -0.15) is 0 Å². The Morgan fingerprint density at radius 1 is 1.16 bits per heavy atom. The minimum Gasteiger partial charge on any atom is -0.351 e. The molecule has 1 saturated carbocycles. The van der Waals surface area contributed by atoms with Crippen molar-refractivity contribution < 1.29 is 4.92 Å². The van der Waals surface area contributed by atoms with Crippen molar-refractivity contribution in [1.82, 2.24) is 4.57 Å². The summed E-state index contributed by atoms with van der Waals surface area (Å²) in [5.74, 6) is 0.382. The molecule has 1 aliphatic carbocycles. The van der Waals surface area contributed by atoms with E-state index in [0.29, 0.717) is 12.0 Å². The van der Waals surface area contributed by atoms with E-state index in [2.05, 4.69) is 17.0 Å². The Bertz CT molecular complexity index is 578. The maximum Gasteiger partial charge on any atom is 0.269 e. The molecule has 0 aliphatic heterocycles. The number of nitro groups is 1. The Morgan fingerprint density at radius 2 is 1.95 bits per heavy atom. The molecule has 0 N–H and O–H groups in total. The second kappa shape index (κ2) is 4.88. The zero-order valence-electron chi connectivity index (χ0n) is 10.6. The van der Waals surface area contributed by atoms with Gasteiger partial charge in [-0.15, -0.1) is 0 Å². The molecule has 0 saturated heterocycles. The lowest BCUT2D eigenvalue weighted by Gasteiger charge is -2.21. The summed E-state index contributed by atoms with van der Waals surface area (Å²) >= 11 is 0. The highest BCUT2D eigenvalue weighted by Gasteiger charge is 2.30. The van der Waals surface area contributed by atoms with Gasteiger partial charge in [0, 0.05) is 36.5 Å². The summed E-state index contributed by atoms with van der Waals surface area (Å²) in [5, 5.41) is 10.9. The van der Waals surface area contributed by atoms with E-state index < -0.39 is 0 Å². The average Bonchev–Trinajstić information content (AvgIpc) is 3.09. The summed E-state index contributed by atoms with van der Waals surface area (Å²) in [5.41, 5.74) is 1.28. The van der Waals surface area contributed by atoms with Gasteiger partial charge in [-0.3, -0.25) is 10.1 Å². The van der Waals surface area contributed by atoms with Gasteiger partial charge in [-0.1, -0.05) is 18.6 Å². The predicted octanol–water partition coefficient (Wildman–Crippen LogP) is 3.91. The highest BCUT2D eigenvalue weighted by molar-refractivity contribution is 5.37. The van der Waals surface area contributed by atoms with Crippen LogP contribution in [-0.2, 0) is 0 Å². The van der Waals surface area contributed by atoms with E-state index >= 15 is 0 Å². The van der Waals surface area contributed by atoms with Crippen LogP contribution < -0.4 is 0 Å². The minimum atomic E-state index is -0.316. The molecule has 0 radical (unpaired) electrons. The summed E-state index contributed by atoms with van der Waals surface area (Å²) in [6, 6.07) is 11.6. The molecule has 2 atom stereocenters. The number of nitro benzene ring substituents is 1. The molecule has 1 fully saturated rings. The van der Waals surface area contributed by atoms with Crippen LogP contribution in [0, 0.1) is 10.1 Å². The van der Waals surface area contributed by atoms with Gasteiger partial charge in [0.2, 0.25) is 0 Å². The van der Waals surface area contributed by atoms with Crippen LogP contribution in [0.2, 0.25) is 0 Å². The summed E-state index contributed by atoms with van der Waals surface area (Å²) in [6.45, 7) is 0. The van der Waals surface area contributed by atoms with Crippen LogP contribution in [0.1, 0.15) is 36.8 Å². The van der Waals surface area contributed by atoms with Crippen molar-refractivity contribution in [3.63, 3.8) is 0 Å². The molecule has 0 unspecified atom stereocenters. The molecule has 0 amide bonds. The van der Waals surface area contributed by atoms with Crippen molar-refractivity contribution in [2.24, 2.45) is 0 Å². The van der Waals surface area contributed by atoms with E-state index in [1.165, 1.54) is 6.42 Å². The largest absolute Gasteiger partial charge is 0.351 e. The van der Waals surface area contributed by atoms with Crippen molar-refractivity contribution in [2.45, 2.75) is 31.2 Å². The third kappa shape index (κ3) is 2.26. The minimum absolute atomic E-state index is 0.190. The molecule has 2 aromatic rings. The van der Waals surface area contributed by atoms with Gasteiger partial charge in [0.25, 0.3) is 5.69 Å². The number of non-ortho nitro benzene ring substituents is 1. The van der Waals surface area contributed by atoms with E-state index in [0.717, 1.165) is 18.4 Å². The monoisotopic (exact) mass is 256 g/mol. The van der Waals surface area contributed by atoms with E-state index in [1.54, 1.807) is 18.2 Å². The van der Waals surface area contributed by atoms with Crippen LogP contribution in [0.3, 0.4) is 0 Å².